The average Bonchev–Trinajstić information content (AvgIpc) is 3.00. The van der Waals surface area contributed by atoms with Gasteiger partial charge in [0.2, 0.25) is 0 Å². The maximum Gasteiger partial charge on any atom is 1.00 e. The molecule has 2 aromatic carbocycles. The van der Waals surface area contributed by atoms with Gasteiger partial charge in [0.25, 0.3) is 5.91 Å². The van der Waals surface area contributed by atoms with E-state index in [2.05, 4.69) is 5.32 Å². The monoisotopic (exact) mass is 475 g/mol. The second-order valence-electron chi connectivity index (χ2n) is 6.62. The number of aromatic hydroxyl groups is 1. The van der Waals surface area contributed by atoms with Gasteiger partial charge in [-0.3, -0.25) is 9.59 Å². The van der Waals surface area contributed by atoms with Gasteiger partial charge in [0, 0.05) is 5.56 Å². The molecule has 1 amide bonds. The number of nitrogens with one attached hydrogen (secondary N) is 1. The molecule has 1 heterocycles. The Morgan fingerprint density at radius 2 is 1.90 bits per heavy atom. The summed E-state index contributed by atoms with van der Waals surface area (Å²) in [5, 5.41) is 13.0. The summed E-state index contributed by atoms with van der Waals surface area (Å²) in [5.74, 6) is 0.376. The molecule has 1 saturated heterocycles. The maximum absolute atomic E-state index is 11.7. The number of phenolic OH excluding ortho intramolecular Hbond substituents is 1. The molecule has 3 rings (SSSR count). The summed E-state index contributed by atoms with van der Waals surface area (Å²) in [6.45, 7) is 3.75. The number of carbonyl (C=O) groups excluding carboxylic acids is 2. The van der Waals surface area contributed by atoms with E-state index in [1.165, 1.54) is 18.7 Å². The first-order valence-electron chi connectivity index (χ1n) is 9.21. The van der Waals surface area contributed by atoms with E-state index in [0.29, 0.717) is 27.0 Å². The molecule has 0 atom stereocenters. The Labute approximate surface area is 239 Å². The van der Waals surface area contributed by atoms with Crippen molar-refractivity contribution in [3.63, 3.8) is 0 Å². The maximum atomic E-state index is 11.7. The molecular weight excluding hydrogens is 452 g/mol. The number of carbonyl (C=O) groups is 2. The summed E-state index contributed by atoms with van der Waals surface area (Å²) in [6.07, 6.45) is 3.29. The number of rotatable bonds is 7. The van der Waals surface area contributed by atoms with Crippen LogP contribution in [0.3, 0.4) is 0 Å². The van der Waals surface area contributed by atoms with Crippen molar-refractivity contribution in [1.29, 1.82) is 0 Å². The molecule has 154 valence electrons. The third-order valence-corrected chi connectivity index (χ3v) is 5.64. The van der Waals surface area contributed by atoms with Crippen LogP contribution in [-0.4, -0.2) is 21.1 Å². The molecule has 5 nitrogen and oxygen atoms in total. The van der Waals surface area contributed by atoms with Crippen LogP contribution >= 0.6 is 24.0 Å². The van der Waals surface area contributed by atoms with Crippen LogP contribution in [0.4, 0.5) is 0 Å². The van der Waals surface area contributed by atoms with E-state index < -0.39 is 0 Å². The summed E-state index contributed by atoms with van der Waals surface area (Å²) >= 11 is 6.23. The number of thiocarbonyl (C=S) groups is 1. The van der Waals surface area contributed by atoms with E-state index in [1.54, 1.807) is 12.1 Å². The van der Waals surface area contributed by atoms with Gasteiger partial charge in [-0.05, 0) is 48.7 Å². The second-order valence-corrected chi connectivity index (χ2v) is 8.33. The number of hydrogen-bond donors (Lipinski definition) is 2. The average molecular weight is 476 g/mol. The van der Waals surface area contributed by atoms with Gasteiger partial charge >= 0.3 is 59.1 Å². The minimum Gasteiger partial charge on any atom is -1.00 e. The van der Waals surface area contributed by atoms with E-state index >= 15 is 0 Å². The summed E-state index contributed by atoms with van der Waals surface area (Å²) in [6, 6.07) is 10.8. The van der Waals surface area contributed by atoms with Gasteiger partial charge in [0.05, 0.1) is 10.5 Å². The van der Waals surface area contributed by atoms with Crippen molar-refractivity contribution in [3.05, 3.63) is 63.6 Å². The second kappa shape index (κ2) is 13.2. The number of amides is 1. The third-order valence-electron chi connectivity index (χ3n) is 4.47. The molecule has 0 aliphatic carbocycles. The number of ketones is 1. The Bertz CT molecular complexity index is 1020. The van der Waals surface area contributed by atoms with E-state index in [0.717, 1.165) is 23.1 Å². The zero-order chi connectivity index (χ0) is 21.0. The van der Waals surface area contributed by atoms with Crippen molar-refractivity contribution >= 4 is 46.1 Å². The predicted molar refractivity (Wildman–Crippen MR) is 121 cm³/mol. The standard InChI is InChI=1S/C22H21NO4S2.2Na.2H/c1-3-4-18-15(7-10-17(13(2)24)20(18)25)12-27-16-8-5-14(6-9-16)11-19-21(26)23-22(28)29-19;;;;/h5-11,25H,3-4,12H2,1-2H3,(H,23,26,28);;;;/q;2*+1;2*-1. The Kier molecular flexibility index (Phi) is 12.1. The first kappa shape index (κ1) is 28.4. The smallest absolute Gasteiger partial charge is 1.00 e. The van der Waals surface area contributed by atoms with Crippen molar-refractivity contribution in [2.75, 3.05) is 0 Å². The molecule has 2 N–H and O–H groups in total. The quantitative estimate of drug-likeness (QED) is 0.228. The van der Waals surface area contributed by atoms with Crippen LogP contribution in [0.5, 0.6) is 11.5 Å². The van der Waals surface area contributed by atoms with Gasteiger partial charge in [0.1, 0.15) is 22.4 Å². The summed E-state index contributed by atoms with van der Waals surface area (Å²) < 4.78 is 6.34. The molecule has 0 saturated carbocycles. The van der Waals surface area contributed by atoms with Crippen LogP contribution in [0.2, 0.25) is 0 Å². The van der Waals surface area contributed by atoms with Crippen molar-refractivity contribution in [2.24, 2.45) is 0 Å². The number of benzene rings is 2. The number of thioether (sulfide) groups is 1. The topological polar surface area (TPSA) is 75.6 Å². The Hall–Kier alpha value is -0.640. The molecule has 9 heteroatoms. The minimum atomic E-state index is -0.183. The molecule has 2 aromatic rings. The van der Waals surface area contributed by atoms with Crippen molar-refractivity contribution < 1.29 is 81.4 Å². The fourth-order valence-electron chi connectivity index (χ4n) is 3.02. The minimum absolute atomic E-state index is 0. The molecule has 0 spiro atoms. The molecule has 1 aliphatic heterocycles. The van der Waals surface area contributed by atoms with Gasteiger partial charge in [-0.2, -0.15) is 0 Å². The van der Waals surface area contributed by atoms with Crippen molar-refractivity contribution in [3.8, 4) is 11.5 Å². The van der Waals surface area contributed by atoms with E-state index in [9.17, 15) is 14.7 Å². The number of Topliss-reactive ketones (excluding diaryl/α,β-unsaturated/α-hetero) is 1. The largest absolute Gasteiger partial charge is 1.00 e. The van der Waals surface area contributed by atoms with Gasteiger partial charge in [-0.25, -0.2) is 0 Å². The van der Waals surface area contributed by atoms with E-state index in [4.69, 9.17) is 17.0 Å². The van der Waals surface area contributed by atoms with Gasteiger partial charge in [-0.1, -0.05) is 55.5 Å². The van der Waals surface area contributed by atoms with Crippen LogP contribution in [0.25, 0.3) is 6.08 Å². The summed E-state index contributed by atoms with van der Waals surface area (Å²) in [4.78, 5) is 24.0. The van der Waals surface area contributed by atoms with Crippen LogP contribution < -0.4 is 69.2 Å². The van der Waals surface area contributed by atoms with Gasteiger partial charge < -0.3 is 18.0 Å². The van der Waals surface area contributed by atoms with Gasteiger partial charge in [-0.15, -0.1) is 0 Å². The molecule has 31 heavy (non-hydrogen) atoms. The molecule has 0 aromatic heterocycles. The summed E-state index contributed by atoms with van der Waals surface area (Å²) in [7, 11) is 0. The fraction of sp³-hybridized carbons (Fsp3) is 0.227. The zero-order valence-corrected chi connectivity index (χ0v) is 23.8. The molecule has 0 bridgehead atoms. The van der Waals surface area contributed by atoms with Crippen LogP contribution in [-0.2, 0) is 17.8 Å². The normalized spacial score (nSPS) is 13.9. The third kappa shape index (κ3) is 7.44. The number of ether oxygens (including phenoxy) is 1. The number of hydrogen-bond acceptors (Lipinski definition) is 6. The van der Waals surface area contributed by atoms with Crippen LogP contribution in [0, 0.1) is 0 Å². The Morgan fingerprint density at radius 3 is 2.45 bits per heavy atom. The first-order chi connectivity index (χ1) is 13.9. The Morgan fingerprint density at radius 1 is 1.23 bits per heavy atom. The zero-order valence-electron chi connectivity index (χ0n) is 20.2. The van der Waals surface area contributed by atoms with Gasteiger partial charge in [0.15, 0.2) is 5.78 Å². The summed E-state index contributed by atoms with van der Waals surface area (Å²) in [5.41, 5.74) is 2.81. The van der Waals surface area contributed by atoms with Crippen LogP contribution in [0.15, 0.2) is 41.3 Å². The molecule has 0 unspecified atom stereocenters. The van der Waals surface area contributed by atoms with Crippen molar-refractivity contribution in [1.82, 2.24) is 5.32 Å². The van der Waals surface area contributed by atoms with E-state index in [1.807, 2.05) is 37.3 Å². The molecular formula is C22H23NNa2O4S2. The van der Waals surface area contributed by atoms with Crippen molar-refractivity contribution in [2.45, 2.75) is 33.3 Å². The Balaban J connectivity index is 0. The van der Waals surface area contributed by atoms with Crippen LogP contribution in [0.1, 0.15) is 50.2 Å². The molecule has 1 aliphatic rings. The number of phenols is 1. The predicted octanol–water partition coefficient (Wildman–Crippen LogP) is -1.15. The van der Waals surface area contributed by atoms with E-state index in [-0.39, 0.29) is 86.0 Å². The fourth-order valence-corrected chi connectivity index (χ4v) is 4.06. The first-order valence-corrected chi connectivity index (χ1v) is 10.4. The molecule has 0 radical (unpaired) electrons. The SMILES string of the molecule is CCCc1c(COc2ccc(C=C3SC(=S)NC3=O)cc2)ccc(C(C)=O)c1O.[H-].[H-].[Na+].[Na+]. The molecule has 1 fully saturated rings.